The van der Waals surface area contributed by atoms with Crippen LogP contribution in [0.4, 0.5) is 0 Å². The van der Waals surface area contributed by atoms with Crippen molar-refractivity contribution in [3.63, 3.8) is 0 Å². The maximum Gasteiger partial charge on any atom is 0.336 e. The first-order valence-electron chi connectivity index (χ1n) is 6.23. The van der Waals surface area contributed by atoms with E-state index in [9.17, 15) is 4.79 Å². The number of rotatable bonds is 6. The highest BCUT2D eigenvalue weighted by molar-refractivity contribution is 7.10. The summed E-state index contributed by atoms with van der Waals surface area (Å²) in [5, 5.41) is 13.9. The molecule has 1 heterocycles. The van der Waals surface area contributed by atoms with Gasteiger partial charge in [-0.1, -0.05) is 24.3 Å². The Morgan fingerprint density at radius 1 is 1.37 bits per heavy atom. The van der Waals surface area contributed by atoms with Crippen LogP contribution in [0.25, 0.3) is 0 Å². The Hall–Kier alpha value is -1.65. The normalized spacial score (nSPS) is 10.6. The smallest absolute Gasteiger partial charge is 0.336 e. The first-order valence-corrected chi connectivity index (χ1v) is 7.10. The van der Waals surface area contributed by atoms with Gasteiger partial charge in [-0.05, 0) is 37.1 Å². The van der Waals surface area contributed by atoms with Crippen molar-refractivity contribution in [3.05, 3.63) is 57.3 Å². The largest absolute Gasteiger partial charge is 0.478 e. The van der Waals surface area contributed by atoms with E-state index in [-0.39, 0.29) is 0 Å². The molecule has 0 aliphatic carbocycles. The highest BCUT2D eigenvalue weighted by Crippen LogP contribution is 2.14. The van der Waals surface area contributed by atoms with Gasteiger partial charge in [-0.3, -0.25) is 0 Å². The molecular formula is C15H17NO2S. The van der Waals surface area contributed by atoms with Gasteiger partial charge in [0.25, 0.3) is 0 Å². The van der Waals surface area contributed by atoms with Crippen molar-refractivity contribution in [1.82, 2.24) is 5.32 Å². The Labute approximate surface area is 116 Å². The number of carboxylic acids is 1. The van der Waals surface area contributed by atoms with Crippen LogP contribution in [0.3, 0.4) is 0 Å². The van der Waals surface area contributed by atoms with Crippen LogP contribution in [0, 0.1) is 6.92 Å². The Kier molecular flexibility index (Phi) is 4.71. The lowest BCUT2D eigenvalue weighted by atomic mass is 10.1. The number of hydrogen-bond donors (Lipinski definition) is 2. The van der Waals surface area contributed by atoms with E-state index in [0.717, 1.165) is 24.4 Å². The number of thiophene rings is 1. The summed E-state index contributed by atoms with van der Waals surface area (Å²) in [6, 6.07) is 10.1. The molecule has 1 aromatic heterocycles. The molecule has 0 aliphatic rings. The first-order chi connectivity index (χ1) is 9.16. The molecule has 19 heavy (non-hydrogen) atoms. The van der Waals surface area contributed by atoms with Crippen molar-refractivity contribution in [2.45, 2.75) is 19.9 Å². The Morgan fingerprint density at radius 3 is 2.84 bits per heavy atom. The fourth-order valence-electron chi connectivity index (χ4n) is 1.91. The Bertz CT molecular complexity index is 563. The average molecular weight is 275 g/mol. The molecule has 0 radical (unpaired) electrons. The molecule has 2 N–H and O–H groups in total. The molecule has 0 spiro atoms. The van der Waals surface area contributed by atoms with E-state index in [2.05, 4.69) is 30.4 Å². The van der Waals surface area contributed by atoms with Crippen LogP contribution in [0.5, 0.6) is 0 Å². The third kappa shape index (κ3) is 3.91. The maximum atomic E-state index is 10.8. The van der Waals surface area contributed by atoms with E-state index < -0.39 is 5.97 Å². The molecule has 0 saturated carbocycles. The molecular weight excluding hydrogens is 258 g/mol. The van der Waals surface area contributed by atoms with E-state index in [1.54, 1.807) is 11.4 Å². The van der Waals surface area contributed by atoms with Gasteiger partial charge in [0.05, 0.1) is 5.56 Å². The second kappa shape index (κ2) is 6.50. The molecule has 1 aromatic carbocycles. The molecule has 0 bridgehead atoms. The summed E-state index contributed by atoms with van der Waals surface area (Å²) in [5.41, 5.74) is 3.04. The van der Waals surface area contributed by atoms with Gasteiger partial charge in [-0.25, -0.2) is 4.79 Å². The van der Waals surface area contributed by atoms with E-state index in [0.29, 0.717) is 5.56 Å². The molecule has 0 fully saturated rings. The third-order valence-electron chi connectivity index (χ3n) is 3.03. The number of hydrogen-bond acceptors (Lipinski definition) is 3. The van der Waals surface area contributed by atoms with Crippen LogP contribution in [-0.4, -0.2) is 17.6 Å². The van der Waals surface area contributed by atoms with E-state index in [4.69, 9.17) is 5.11 Å². The number of aromatic carboxylic acids is 1. The highest BCUT2D eigenvalue weighted by atomic mass is 32.1. The van der Waals surface area contributed by atoms with Gasteiger partial charge in [0.1, 0.15) is 0 Å². The van der Waals surface area contributed by atoms with Crippen LogP contribution in [0.2, 0.25) is 0 Å². The number of carbonyl (C=O) groups is 1. The van der Waals surface area contributed by atoms with Crippen LogP contribution in [-0.2, 0) is 13.0 Å². The SMILES string of the molecule is Cc1ccccc1CCNCc1cc(C(=O)O)cs1. The van der Waals surface area contributed by atoms with Gasteiger partial charge in [-0.15, -0.1) is 11.3 Å². The molecule has 2 aromatic rings. The highest BCUT2D eigenvalue weighted by Gasteiger charge is 2.05. The number of aryl methyl sites for hydroxylation is 1. The summed E-state index contributed by atoms with van der Waals surface area (Å²) in [4.78, 5) is 11.8. The van der Waals surface area contributed by atoms with Gasteiger partial charge >= 0.3 is 5.97 Å². The maximum absolute atomic E-state index is 10.8. The van der Waals surface area contributed by atoms with Gasteiger partial charge in [-0.2, -0.15) is 0 Å². The summed E-state index contributed by atoms with van der Waals surface area (Å²) < 4.78 is 0. The summed E-state index contributed by atoms with van der Waals surface area (Å²) in [5.74, 6) is -0.859. The minimum atomic E-state index is -0.859. The van der Waals surface area contributed by atoms with E-state index in [1.807, 2.05) is 6.07 Å². The lowest BCUT2D eigenvalue weighted by Gasteiger charge is -2.06. The van der Waals surface area contributed by atoms with Crippen molar-refractivity contribution in [2.24, 2.45) is 0 Å². The van der Waals surface area contributed by atoms with E-state index >= 15 is 0 Å². The zero-order chi connectivity index (χ0) is 13.7. The van der Waals surface area contributed by atoms with Crippen molar-refractivity contribution >= 4 is 17.3 Å². The minimum absolute atomic E-state index is 0.376. The molecule has 0 unspecified atom stereocenters. The van der Waals surface area contributed by atoms with Crippen LogP contribution < -0.4 is 5.32 Å². The summed E-state index contributed by atoms with van der Waals surface area (Å²) in [6.07, 6.45) is 0.990. The average Bonchev–Trinajstić information content (AvgIpc) is 2.85. The lowest BCUT2D eigenvalue weighted by Crippen LogP contribution is -2.16. The van der Waals surface area contributed by atoms with Crippen molar-refractivity contribution in [1.29, 1.82) is 0 Å². The predicted octanol–water partition coefficient (Wildman–Crippen LogP) is 3.09. The summed E-state index contributed by atoms with van der Waals surface area (Å²) in [6.45, 7) is 3.74. The fraction of sp³-hybridized carbons (Fsp3) is 0.267. The quantitative estimate of drug-likeness (QED) is 0.796. The van der Waals surface area contributed by atoms with Crippen LogP contribution in [0.15, 0.2) is 35.7 Å². The fourth-order valence-corrected chi connectivity index (χ4v) is 2.74. The van der Waals surface area contributed by atoms with Crippen molar-refractivity contribution in [2.75, 3.05) is 6.54 Å². The summed E-state index contributed by atoms with van der Waals surface area (Å²) in [7, 11) is 0. The first kappa shape index (κ1) is 13.8. The third-order valence-corrected chi connectivity index (χ3v) is 3.97. The van der Waals surface area contributed by atoms with Crippen molar-refractivity contribution < 1.29 is 9.90 Å². The number of benzene rings is 1. The monoisotopic (exact) mass is 275 g/mol. The van der Waals surface area contributed by atoms with Crippen LogP contribution in [0.1, 0.15) is 26.4 Å². The second-order valence-corrected chi connectivity index (χ2v) is 5.46. The molecule has 100 valence electrons. The second-order valence-electron chi connectivity index (χ2n) is 4.46. The van der Waals surface area contributed by atoms with Crippen LogP contribution >= 0.6 is 11.3 Å². The van der Waals surface area contributed by atoms with Gasteiger partial charge in [0, 0.05) is 16.8 Å². The standard InChI is InChI=1S/C15H17NO2S/c1-11-4-2-3-5-12(11)6-7-16-9-14-8-13(10-19-14)15(17)18/h2-5,8,10,16H,6-7,9H2,1H3,(H,17,18). The van der Waals surface area contributed by atoms with Gasteiger partial charge < -0.3 is 10.4 Å². The molecule has 0 amide bonds. The predicted molar refractivity (Wildman–Crippen MR) is 77.9 cm³/mol. The van der Waals surface area contributed by atoms with E-state index in [1.165, 1.54) is 22.5 Å². The molecule has 0 saturated heterocycles. The zero-order valence-electron chi connectivity index (χ0n) is 10.8. The topological polar surface area (TPSA) is 49.3 Å². The Morgan fingerprint density at radius 2 is 2.16 bits per heavy atom. The number of nitrogens with one attached hydrogen (secondary N) is 1. The summed E-state index contributed by atoms with van der Waals surface area (Å²) >= 11 is 1.48. The molecule has 0 atom stereocenters. The Balaban J connectivity index is 1.77. The molecule has 3 nitrogen and oxygen atoms in total. The molecule has 4 heteroatoms. The van der Waals surface area contributed by atoms with Gasteiger partial charge in [0.2, 0.25) is 0 Å². The zero-order valence-corrected chi connectivity index (χ0v) is 11.7. The minimum Gasteiger partial charge on any atom is -0.478 e. The van der Waals surface area contributed by atoms with Gasteiger partial charge in [0.15, 0.2) is 0 Å². The number of carboxylic acid groups (broad SMARTS) is 1. The lowest BCUT2D eigenvalue weighted by molar-refractivity contribution is 0.0697. The van der Waals surface area contributed by atoms with Crippen molar-refractivity contribution in [3.8, 4) is 0 Å². The molecule has 0 aliphatic heterocycles. The molecule has 2 rings (SSSR count).